The average Bonchev–Trinajstić information content (AvgIpc) is 3.24. The van der Waals surface area contributed by atoms with Crippen molar-refractivity contribution in [3.63, 3.8) is 0 Å². The maximum atomic E-state index is 12.7. The Kier molecular flexibility index (Phi) is 39.4. The summed E-state index contributed by atoms with van der Waals surface area (Å²) in [5.74, 6) is -3.59. The highest BCUT2D eigenvalue weighted by atomic mass is 32.1. The van der Waals surface area contributed by atoms with Gasteiger partial charge in [-0.25, -0.2) is 0 Å². The number of hydrogen-bond acceptors (Lipinski definition) is 15. The smallest absolute Gasteiger partial charge is 0.306 e. The molecule has 0 aliphatic rings. The molecule has 0 aromatic rings. The molecule has 0 saturated heterocycles. The monoisotopic (exact) mass is 877 g/mol. The molecule has 0 aliphatic carbocycles. The van der Waals surface area contributed by atoms with Crippen molar-refractivity contribution in [3.8, 4) is 0 Å². The third-order valence-electron chi connectivity index (χ3n) is 9.82. The predicted molar refractivity (Wildman–Crippen MR) is 231 cm³/mol. The minimum Gasteiger partial charge on any atom is -0.465 e. The van der Waals surface area contributed by atoms with Crippen LogP contribution in [-0.4, -0.2) is 103 Å². The molecule has 0 saturated carbocycles. The first-order valence-electron chi connectivity index (χ1n) is 23.0. The van der Waals surface area contributed by atoms with Gasteiger partial charge in [-0.15, -0.1) is 0 Å². The van der Waals surface area contributed by atoms with Gasteiger partial charge in [-0.2, -0.15) is 12.6 Å². The zero-order valence-corrected chi connectivity index (χ0v) is 37.9. The molecule has 0 aliphatic heterocycles. The first-order valence-corrected chi connectivity index (χ1v) is 23.6. The number of unbranched alkanes of at least 4 members (excludes halogenated alkanes) is 20. The Morgan fingerprint density at radius 2 is 0.667 bits per heavy atom. The summed E-state index contributed by atoms with van der Waals surface area (Å²) in [6, 6.07) is 0. The molecule has 350 valence electrons. The van der Waals surface area contributed by atoms with Crippen molar-refractivity contribution in [2.75, 3.05) is 38.8 Å². The highest BCUT2D eigenvalue weighted by molar-refractivity contribution is 7.80. The second-order valence-electron chi connectivity index (χ2n) is 15.5. The van der Waals surface area contributed by atoms with Crippen molar-refractivity contribution in [2.45, 2.75) is 212 Å². The van der Waals surface area contributed by atoms with Crippen LogP contribution in [0.4, 0.5) is 0 Å². The molecule has 15 heteroatoms. The van der Waals surface area contributed by atoms with Crippen LogP contribution in [0.25, 0.3) is 0 Å². The summed E-state index contributed by atoms with van der Waals surface area (Å²) >= 11 is 3.91. The zero-order chi connectivity index (χ0) is 44.5. The number of thiol groups is 1. The SMILES string of the molecule is CCCCCCCCCCCCCC(=O)OCC(COC(=O)CCC(=O)OCC(O)C(O)COC(=O)CCC(=O)OCCS)OC(=O)CCCCCCCCCCCCC. The number of aliphatic hydroxyl groups excluding tert-OH is 2. The van der Waals surface area contributed by atoms with Crippen LogP contribution in [0.15, 0.2) is 0 Å². The molecule has 0 heterocycles. The van der Waals surface area contributed by atoms with E-state index in [-0.39, 0.29) is 51.9 Å². The van der Waals surface area contributed by atoms with E-state index in [1.54, 1.807) is 0 Å². The van der Waals surface area contributed by atoms with E-state index in [4.69, 9.17) is 28.4 Å². The Morgan fingerprint density at radius 1 is 0.383 bits per heavy atom. The molecular weight excluding hydrogens is 797 g/mol. The fourth-order valence-electron chi connectivity index (χ4n) is 6.11. The van der Waals surface area contributed by atoms with E-state index >= 15 is 0 Å². The van der Waals surface area contributed by atoms with Gasteiger partial charge in [0.15, 0.2) is 6.10 Å². The maximum absolute atomic E-state index is 12.7. The molecule has 0 radical (unpaired) electrons. The number of hydrogen-bond donors (Lipinski definition) is 3. The van der Waals surface area contributed by atoms with Crippen molar-refractivity contribution in [1.29, 1.82) is 0 Å². The van der Waals surface area contributed by atoms with Crippen molar-refractivity contribution >= 4 is 48.4 Å². The van der Waals surface area contributed by atoms with Crippen molar-refractivity contribution in [3.05, 3.63) is 0 Å². The van der Waals surface area contributed by atoms with Crippen LogP contribution >= 0.6 is 12.6 Å². The summed E-state index contributed by atoms with van der Waals surface area (Å²) in [4.78, 5) is 73.1. The summed E-state index contributed by atoms with van der Waals surface area (Å²) in [7, 11) is 0. The van der Waals surface area contributed by atoms with Gasteiger partial charge in [-0.1, -0.05) is 142 Å². The lowest BCUT2D eigenvalue weighted by Gasteiger charge is -2.18. The highest BCUT2D eigenvalue weighted by Crippen LogP contribution is 2.15. The zero-order valence-electron chi connectivity index (χ0n) is 37.0. The van der Waals surface area contributed by atoms with Gasteiger partial charge < -0.3 is 38.6 Å². The van der Waals surface area contributed by atoms with E-state index < -0.39 is 73.8 Å². The van der Waals surface area contributed by atoms with Crippen LogP contribution in [0.5, 0.6) is 0 Å². The van der Waals surface area contributed by atoms with E-state index in [1.165, 1.54) is 89.9 Å². The first kappa shape index (κ1) is 57.1. The largest absolute Gasteiger partial charge is 0.465 e. The summed E-state index contributed by atoms with van der Waals surface area (Å²) in [5.41, 5.74) is 0. The van der Waals surface area contributed by atoms with Crippen LogP contribution in [0.2, 0.25) is 0 Å². The van der Waals surface area contributed by atoms with Crippen LogP contribution in [-0.2, 0) is 57.2 Å². The topological polar surface area (TPSA) is 198 Å². The van der Waals surface area contributed by atoms with E-state index in [0.717, 1.165) is 38.5 Å². The minimum atomic E-state index is -1.59. The molecule has 3 unspecified atom stereocenters. The molecule has 0 amide bonds. The van der Waals surface area contributed by atoms with Gasteiger partial charge in [0.2, 0.25) is 0 Å². The first-order chi connectivity index (χ1) is 29.0. The average molecular weight is 877 g/mol. The van der Waals surface area contributed by atoms with E-state index in [9.17, 15) is 39.0 Å². The van der Waals surface area contributed by atoms with Gasteiger partial charge in [0.05, 0.1) is 25.7 Å². The van der Waals surface area contributed by atoms with Gasteiger partial charge in [-0.3, -0.25) is 28.8 Å². The quantitative estimate of drug-likeness (QED) is 0.0229. The standard InChI is InChI=1S/C45H80O14S/c1-3-5-7-9-11-13-15-17-19-21-23-25-40(48)55-33-37(59-45(53)26-24-22-20-18-16-14-12-10-8-6-4-2)34-56-42(50)29-30-44(52)58-36-39(47)38(46)35-57-43(51)28-27-41(49)54-31-32-60/h37-39,46-47,60H,3-36H2,1-2H3. The maximum Gasteiger partial charge on any atom is 0.306 e. The van der Waals surface area contributed by atoms with Crippen LogP contribution in [0.3, 0.4) is 0 Å². The fourth-order valence-corrected chi connectivity index (χ4v) is 6.20. The second-order valence-corrected chi connectivity index (χ2v) is 15.9. The molecule has 2 N–H and O–H groups in total. The van der Waals surface area contributed by atoms with Crippen LogP contribution in [0.1, 0.15) is 194 Å². The molecule has 0 rings (SSSR count). The molecule has 0 aromatic carbocycles. The normalized spacial score (nSPS) is 12.6. The minimum absolute atomic E-state index is 0.108. The van der Waals surface area contributed by atoms with E-state index in [0.29, 0.717) is 18.6 Å². The lowest BCUT2D eigenvalue weighted by atomic mass is 10.1. The molecule has 0 aromatic heterocycles. The third-order valence-corrected chi connectivity index (χ3v) is 10.0. The van der Waals surface area contributed by atoms with Crippen LogP contribution < -0.4 is 0 Å². The lowest BCUT2D eigenvalue weighted by molar-refractivity contribution is -0.167. The Hall–Kier alpha value is -2.91. The summed E-state index contributed by atoms with van der Waals surface area (Å²) in [6.45, 7) is 2.66. The van der Waals surface area contributed by atoms with E-state index in [1.807, 2.05) is 0 Å². The predicted octanol–water partition coefficient (Wildman–Crippen LogP) is 8.23. The Labute approximate surface area is 365 Å². The van der Waals surface area contributed by atoms with Gasteiger partial charge in [-0.05, 0) is 12.8 Å². The number of carbonyl (C=O) groups excluding carboxylic acids is 6. The number of rotatable bonds is 42. The molecule has 0 spiro atoms. The number of carbonyl (C=O) groups is 6. The Morgan fingerprint density at radius 3 is 1.02 bits per heavy atom. The summed E-state index contributed by atoms with van der Waals surface area (Å²) < 4.78 is 30.8. The molecule has 60 heavy (non-hydrogen) atoms. The van der Waals surface area contributed by atoms with E-state index in [2.05, 4.69) is 26.5 Å². The fraction of sp³-hybridized carbons (Fsp3) is 0.867. The highest BCUT2D eigenvalue weighted by Gasteiger charge is 2.23. The van der Waals surface area contributed by atoms with Crippen molar-refractivity contribution in [2.24, 2.45) is 0 Å². The lowest BCUT2D eigenvalue weighted by Crippen LogP contribution is -2.35. The van der Waals surface area contributed by atoms with Gasteiger partial charge in [0.25, 0.3) is 0 Å². The Balaban J connectivity index is 4.64. The molecule has 14 nitrogen and oxygen atoms in total. The number of ether oxygens (including phenoxy) is 6. The Bertz CT molecular complexity index is 1120. The molecular formula is C45H80O14S. The summed E-state index contributed by atoms with van der Waals surface area (Å²) in [5, 5.41) is 20.1. The van der Waals surface area contributed by atoms with Gasteiger partial charge in [0, 0.05) is 18.6 Å². The second kappa shape index (κ2) is 41.4. The molecule has 3 atom stereocenters. The number of aliphatic hydroxyl groups is 2. The number of esters is 6. The van der Waals surface area contributed by atoms with Crippen LogP contribution in [0, 0.1) is 0 Å². The van der Waals surface area contributed by atoms with Crippen molar-refractivity contribution < 1.29 is 67.4 Å². The van der Waals surface area contributed by atoms with Gasteiger partial charge >= 0.3 is 35.8 Å². The third kappa shape index (κ3) is 38.0. The van der Waals surface area contributed by atoms with Crippen molar-refractivity contribution in [1.82, 2.24) is 0 Å². The van der Waals surface area contributed by atoms with Gasteiger partial charge in [0.1, 0.15) is 45.2 Å². The molecule has 0 fully saturated rings. The molecule has 0 bridgehead atoms. The summed E-state index contributed by atoms with van der Waals surface area (Å²) in [6.07, 6.45) is 20.2.